The van der Waals surface area contributed by atoms with Gasteiger partial charge in [-0.25, -0.2) is 0 Å². The first-order chi connectivity index (χ1) is 12.4. The molecule has 0 saturated carbocycles. The van der Waals surface area contributed by atoms with E-state index in [-0.39, 0.29) is 22.8 Å². The maximum atomic E-state index is 13.0. The Kier molecular flexibility index (Phi) is 4.62. The Labute approximate surface area is 149 Å². The number of aromatic hydroxyl groups is 1. The Morgan fingerprint density at radius 3 is 2.38 bits per heavy atom. The molecule has 2 atom stereocenters. The lowest BCUT2D eigenvalue weighted by molar-refractivity contribution is -0.149. The van der Waals surface area contributed by atoms with Crippen molar-refractivity contribution in [2.24, 2.45) is 0 Å². The molecule has 0 spiro atoms. The minimum absolute atomic E-state index is 0.0449. The van der Waals surface area contributed by atoms with Crippen LogP contribution in [0, 0.1) is 0 Å². The van der Waals surface area contributed by atoms with Gasteiger partial charge < -0.3 is 19.3 Å². The molecular formula is C19H16O7. The Bertz CT molecular complexity index is 873. The normalized spacial score (nSPS) is 18.5. The molecule has 0 amide bonds. The minimum atomic E-state index is -1.25. The van der Waals surface area contributed by atoms with Crippen molar-refractivity contribution in [3.8, 4) is 17.2 Å². The number of carbonyl (C=O) groups excluding carboxylic acids is 3. The predicted octanol–water partition coefficient (Wildman–Crippen LogP) is 2.57. The summed E-state index contributed by atoms with van der Waals surface area (Å²) in [7, 11) is 0. The van der Waals surface area contributed by atoms with Gasteiger partial charge in [-0.2, -0.15) is 0 Å². The average Bonchev–Trinajstić information content (AvgIpc) is 2.56. The molecule has 1 aliphatic rings. The molecule has 1 aliphatic heterocycles. The highest BCUT2D eigenvalue weighted by atomic mass is 16.6. The number of Topliss-reactive ketones (excluding diaryl/α,β-unsaturated/α-hetero) is 1. The van der Waals surface area contributed by atoms with E-state index in [1.54, 1.807) is 30.3 Å². The minimum Gasteiger partial charge on any atom is -0.508 e. The summed E-state index contributed by atoms with van der Waals surface area (Å²) < 4.78 is 16.1. The largest absolute Gasteiger partial charge is 0.508 e. The number of carbonyl (C=O) groups is 3. The lowest BCUT2D eigenvalue weighted by atomic mass is 9.92. The first-order valence-corrected chi connectivity index (χ1v) is 7.85. The Morgan fingerprint density at radius 1 is 1.08 bits per heavy atom. The Balaban J connectivity index is 2.13. The van der Waals surface area contributed by atoms with E-state index in [4.69, 9.17) is 14.2 Å². The first-order valence-electron chi connectivity index (χ1n) is 7.85. The molecular weight excluding hydrogens is 340 g/mol. The van der Waals surface area contributed by atoms with E-state index < -0.39 is 29.9 Å². The summed E-state index contributed by atoms with van der Waals surface area (Å²) in [6.07, 6.45) is -2.15. The highest BCUT2D eigenvalue weighted by Gasteiger charge is 2.43. The molecule has 1 heterocycles. The molecule has 0 fully saturated rings. The van der Waals surface area contributed by atoms with Crippen LogP contribution in [0.4, 0.5) is 0 Å². The summed E-state index contributed by atoms with van der Waals surface area (Å²) in [6.45, 7) is 2.36. The summed E-state index contributed by atoms with van der Waals surface area (Å²) in [5.41, 5.74) is 0.562. The molecule has 0 aliphatic carbocycles. The van der Waals surface area contributed by atoms with Crippen LogP contribution < -0.4 is 9.47 Å². The van der Waals surface area contributed by atoms with Gasteiger partial charge in [0.1, 0.15) is 22.8 Å². The van der Waals surface area contributed by atoms with Gasteiger partial charge >= 0.3 is 11.9 Å². The van der Waals surface area contributed by atoms with Crippen molar-refractivity contribution in [2.75, 3.05) is 0 Å². The molecule has 26 heavy (non-hydrogen) atoms. The maximum Gasteiger partial charge on any atom is 0.308 e. The van der Waals surface area contributed by atoms with Crippen molar-refractivity contribution in [2.45, 2.75) is 26.1 Å². The number of phenolic OH excluding ortho intramolecular Hbond substituents is 1. The third kappa shape index (κ3) is 3.37. The molecule has 7 heteroatoms. The van der Waals surface area contributed by atoms with Gasteiger partial charge in [0, 0.05) is 26.0 Å². The molecule has 0 bridgehead atoms. The van der Waals surface area contributed by atoms with Gasteiger partial charge in [0.25, 0.3) is 0 Å². The van der Waals surface area contributed by atoms with Crippen molar-refractivity contribution in [1.29, 1.82) is 0 Å². The van der Waals surface area contributed by atoms with Crippen molar-refractivity contribution in [1.82, 2.24) is 0 Å². The van der Waals surface area contributed by atoms with Gasteiger partial charge in [-0.15, -0.1) is 0 Å². The number of hydrogen-bond acceptors (Lipinski definition) is 7. The van der Waals surface area contributed by atoms with Crippen molar-refractivity contribution >= 4 is 17.7 Å². The van der Waals surface area contributed by atoms with Crippen LogP contribution in [0.25, 0.3) is 0 Å². The fourth-order valence-electron chi connectivity index (χ4n) is 2.81. The third-order valence-electron chi connectivity index (χ3n) is 3.76. The second-order valence-corrected chi connectivity index (χ2v) is 5.75. The van der Waals surface area contributed by atoms with Crippen molar-refractivity contribution in [3.63, 3.8) is 0 Å². The summed E-state index contributed by atoms with van der Waals surface area (Å²) in [6, 6.07) is 11.2. The van der Waals surface area contributed by atoms with E-state index in [0.29, 0.717) is 5.56 Å². The quantitative estimate of drug-likeness (QED) is 0.666. The van der Waals surface area contributed by atoms with E-state index >= 15 is 0 Å². The zero-order chi connectivity index (χ0) is 18.8. The third-order valence-corrected chi connectivity index (χ3v) is 3.76. The van der Waals surface area contributed by atoms with E-state index in [9.17, 15) is 19.5 Å². The highest BCUT2D eigenvalue weighted by molar-refractivity contribution is 6.07. The number of fused-ring (bicyclic) bond motifs is 1. The van der Waals surface area contributed by atoms with E-state index in [2.05, 4.69) is 0 Å². The molecule has 2 aromatic carbocycles. The summed E-state index contributed by atoms with van der Waals surface area (Å²) in [4.78, 5) is 35.8. The molecule has 1 N–H and O–H groups in total. The topological polar surface area (TPSA) is 99.1 Å². The average molecular weight is 356 g/mol. The van der Waals surface area contributed by atoms with Crippen LogP contribution in [0.3, 0.4) is 0 Å². The van der Waals surface area contributed by atoms with Crippen molar-refractivity contribution in [3.05, 3.63) is 53.6 Å². The Morgan fingerprint density at radius 2 is 1.77 bits per heavy atom. The molecule has 134 valence electrons. The first kappa shape index (κ1) is 17.5. The summed E-state index contributed by atoms with van der Waals surface area (Å²) >= 11 is 0. The number of phenols is 1. The lowest BCUT2D eigenvalue weighted by Gasteiger charge is -2.32. The van der Waals surface area contributed by atoms with E-state index in [0.717, 1.165) is 6.07 Å². The van der Waals surface area contributed by atoms with Gasteiger partial charge in [-0.3, -0.25) is 14.4 Å². The predicted molar refractivity (Wildman–Crippen MR) is 89.1 cm³/mol. The molecule has 7 nitrogen and oxygen atoms in total. The second-order valence-electron chi connectivity index (χ2n) is 5.75. The SMILES string of the molecule is CC(=O)Oc1cc(O)cc2c1C(=O)C(OC(C)=O)C(c1ccccc1)O2. The number of esters is 2. The van der Waals surface area contributed by atoms with Gasteiger partial charge in [0.05, 0.1) is 0 Å². The number of rotatable bonds is 3. The van der Waals surface area contributed by atoms with Crippen LogP contribution >= 0.6 is 0 Å². The fraction of sp³-hybridized carbons (Fsp3) is 0.211. The van der Waals surface area contributed by atoms with Gasteiger partial charge in [-0.05, 0) is 5.56 Å². The monoisotopic (exact) mass is 356 g/mol. The summed E-state index contributed by atoms with van der Waals surface area (Å²) in [5.74, 6) is -2.23. The molecule has 3 rings (SSSR count). The van der Waals surface area contributed by atoms with Crippen LogP contribution in [-0.4, -0.2) is 28.9 Å². The van der Waals surface area contributed by atoms with Crippen LogP contribution in [0.1, 0.15) is 35.9 Å². The number of hydrogen-bond donors (Lipinski definition) is 1. The lowest BCUT2D eigenvalue weighted by Crippen LogP contribution is -2.39. The second kappa shape index (κ2) is 6.87. The van der Waals surface area contributed by atoms with Crippen LogP contribution in [0.2, 0.25) is 0 Å². The molecule has 0 saturated heterocycles. The Hall–Kier alpha value is -3.35. The smallest absolute Gasteiger partial charge is 0.308 e. The van der Waals surface area contributed by atoms with E-state index in [1.165, 1.54) is 19.9 Å². The fourth-order valence-corrected chi connectivity index (χ4v) is 2.81. The van der Waals surface area contributed by atoms with Crippen LogP contribution in [0.15, 0.2) is 42.5 Å². The summed E-state index contributed by atoms with van der Waals surface area (Å²) in [5, 5.41) is 9.87. The number of benzene rings is 2. The molecule has 0 radical (unpaired) electrons. The number of ketones is 1. The standard InChI is InChI=1S/C19H16O7/c1-10(20)24-14-8-13(22)9-15-16(14)17(23)19(25-11(2)21)18(26-15)12-6-4-3-5-7-12/h3-9,18-19,22H,1-2H3. The maximum absolute atomic E-state index is 13.0. The highest BCUT2D eigenvalue weighted by Crippen LogP contribution is 2.43. The van der Waals surface area contributed by atoms with Crippen molar-refractivity contribution < 1.29 is 33.7 Å². The molecule has 0 aromatic heterocycles. The molecule has 2 aromatic rings. The number of ether oxygens (including phenoxy) is 3. The zero-order valence-electron chi connectivity index (χ0n) is 14.1. The van der Waals surface area contributed by atoms with Gasteiger partial charge in [0.2, 0.25) is 11.9 Å². The van der Waals surface area contributed by atoms with Crippen LogP contribution in [0.5, 0.6) is 17.2 Å². The van der Waals surface area contributed by atoms with Crippen LogP contribution in [-0.2, 0) is 14.3 Å². The zero-order valence-corrected chi connectivity index (χ0v) is 14.1. The van der Waals surface area contributed by atoms with E-state index in [1.807, 2.05) is 0 Å². The van der Waals surface area contributed by atoms with Gasteiger partial charge in [-0.1, -0.05) is 30.3 Å². The van der Waals surface area contributed by atoms with Gasteiger partial charge in [0.15, 0.2) is 6.10 Å². The molecule has 2 unspecified atom stereocenters.